The van der Waals surface area contributed by atoms with Crippen molar-refractivity contribution in [3.05, 3.63) is 83.9 Å². The van der Waals surface area contributed by atoms with Crippen LogP contribution < -0.4 is 9.47 Å². The summed E-state index contributed by atoms with van der Waals surface area (Å²) < 4.78 is 16.3. The number of hydrogen-bond acceptors (Lipinski definition) is 7. The maximum atomic E-state index is 12.6. The van der Waals surface area contributed by atoms with Gasteiger partial charge in [-0.3, -0.25) is 0 Å². The molecule has 42 heavy (non-hydrogen) atoms. The maximum Gasteiger partial charge on any atom is 0.343 e. The van der Waals surface area contributed by atoms with Gasteiger partial charge in [-0.1, -0.05) is 64.7 Å². The molecule has 0 radical (unpaired) electrons. The number of unbranched alkanes of at least 4 members (excludes halogenated alkanes) is 9. The SMILES string of the molecule is CCCCCCCCCCCCOc1ccc(C(=O)Oc2ccc(N=Nc3ccc(C(=O)OCCCl)cc3)cc2)cc1. The van der Waals surface area contributed by atoms with E-state index in [1.807, 2.05) is 0 Å². The van der Waals surface area contributed by atoms with Gasteiger partial charge in [0, 0.05) is 0 Å². The lowest BCUT2D eigenvalue weighted by Gasteiger charge is -2.08. The summed E-state index contributed by atoms with van der Waals surface area (Å²) in [7, 11) is 0. The van der Waals surface area contributed by atoms with Gasteiger partial charge in [0.15, 0.2) is 0 Å². The highest BCUT2D eigenvalue weighted by Gasteiger charge is 2.09. The van der Waals surface area contributed by atoms with Gasteiger partial charge in [0.1, 0.15) is 18.1 Å². The van der Waals surface area contributed by atoms with E-state index < -0.39 is 11.9 Å². The number of ether oxygens (including phenoxy) is 3. The number of benzene rings is 3. The van der Waals surface area contributed by atoms with E-state index in [-0.39, 0.29) is 12.5 Å². The molecular formula is C34H41ClN2O5. The van der Waals surface area contributed by atoms with Gasteiger partial charge in [0.2, 0.25) is 0 Å². The van der Waals surface area contributed by atoms with Crippen LogP contribution in [0.4, 0.5) is 11.4 Å². The Bertz CT molecular complexity index is 1230. The summed E-state index contributed by atoms with van der Waals surface area (Å²) in [5.41, 5.74) is 2.02. The molecule has 0 bridgehead atoms. The highest BCUT2D eigenvalue weighted by molar-refractivity contribution is 6.18. The molecule has 0 saturated heterocycles. The highest BCUT2D eigenvalue weighted by Crippen LogP contribution is 2.23. The Morgan fingerprint density at radius 1 is 0.595 bits per heavy atom. The average molecular weight is 593 g/mol. The van der Waals surface area contributed by atoms with Gasteiger partial charge < -0.3 is 14.2 Å². The van der Waals surface area contributed by atoms with E-state index in [9.17, 15) is 9.59 Å². The smallest absolute Gasteiger partial charge is 0.343 e. The van der Waals surface area contributed by atoms with Gasteiger partial charge in [-0.2, -0.15) is 10.2 Å². The van der Waals surface area contributed by atoms with Crippen molar-refractivity contribution in [1.82, 2.24) is 0 Å². The van der Waals surface area contributed by atoms with Crippen molar-refractivity contribution < 1.29 is 23.8 Å². The number of hydrogen-bond donors (Lipinski definition) is 0. The van der Waals surface area contributed by atoms with Gasteiger partial charge in [-0.25, -0.2) is 9.59 Å². The summed E-state index contributed by atoms with van der Waals surface area (Å²) in [5, 5.41) is 8.36. The molecule has 0 aliphatic carbocycles. The second-order valence-electron chi connectivity index (χ2n) is 10.0. The zero-order valence-electron chi connectivity index (χ0n) is 24.4. The first-order valence-corrected chi connectivity index (χ1v) is 15.4. The van der Waals surface area contributed by atoms with Crippen molar-refractivity contribution in [2.45, 2.75) is 71.1 Å². The predicted octanol–water partition coefficient (Wildman–Crippen LogP) is 10.0. The fraction of sp³-hybridized carbons (Fsp3) is 0.412. The first kappa shape index (κ1) is 32.8. The van der Waals surface area contributed by atoms with Gasteiger partial charge in [-0.15, -0.1) is 11.6 Å². The largest absolute Gasteiger partial charge is 0.494 e. The Balaban J connectivity index is 1.35. The molecule has 0 N–H and O–H groups in total. The first-order chi connectivity index (χ1) is 20.6. The molecule has 8 heteroatoms. The number of rotatable bonds is 19. The number of nitrogens with zero attached hydrogens (tertiary/aromatic N) is 2. The lowest BCUT2D eigenvalue weighted by Crippen LogP contribution is -2.08. The van der Waals surface area contributed by atoms with Crippen LogP contribution in [0.5, 0.6) is 11.5 Å². The van der Waals surface area contributed by atoms with Crippen molar-refractivity contribution in [2.24, 2.45) is 10.2 Å². The number of esters is 2. The summed E-state index contributed by atoms with van der Waals surface area (Å²) in [6.45, 7) is 3.09. The highest BCUT2D eigenvalue weighted by atomic mass is 35.5. The van der Waals surface area contributed by atoms with Crippen LogP contribution in [0, 0.1) is 0 Å². The lowest BCUT2D eigenvalue weighted by atomic mass is 10.1. The topological polar surface area (TPSA) is 86.5 Å². The second-order valence-corrected chi connectivity index (χ2v) is 10.4. The molecule has 3 aromatic carbocycles. The molecular weight excluding hydrogens is 552 g/mol. The van der Waals surface area contributed by atoms with Crippen LogP contribution in [0.15, 0.2) is 83.0 Å². The van der Waals surface area contributed by atoms with Gasteiger partial charge in [0.05, 0.1) is 35.0 Å². The molecule has 0 spiro atoms. The standard InChI is InChI=1S/C34H41ClN2O5/c1-2-3-4-5-6-7-8-9-10-11-25-40-31-20-14-28(15-21-31)34(39)42-32-22-18-30(19-23-32)37-36-29-16-12-27(13-17-29)33(38)41-26-24-35/h12-23H,2-11,24-26H2,1H3. The molecule has 0 aliphatic heterocycles. The summed E-state index contributed by atoms with van der Waals surface area (Å²) >= 11 is 5.53. The molecule has 0 atom stereocenters. The minimum Gasteiger partial charge on any atom is -0.494 e. The van der Waals surface area contributed by atoms with Crippen LogP contribution in [-0.4, -0.2) is 31.0 Å². The Morgan fingerprint density at radius 2 is 1.07 bits per heavy atom. The van der Waals surface area contributed by atoms with Crippen LogP contribution in [0.25, 0.3) is 0 Å². The molecule has 3 aromatic rings. The molecule has 3 rings (SSSR count). The van der Waals surface area contributed by atoms with E-state index in [0.29, 0.717) is 34.9 Å². The molecule has 0 unspecified atom stereocenters. The Morgan fingerprint density at radius 3 is 1.64 bits per heavy atom. The molecule has 224 valence electrons. The summed E-state index contributed by atoms with van der Waals surface area (Å²) in [6, 6.07) is 20.3. The zero-order valence-corrected chi connectivity index (χ0v) is 25.2. The molecule has 0 heterocycles. The summed E-state index contributed by atoms with van der Waals surface area (Å²) in [5.74, 6) is 0.513. The normalized spacial score (nSPS) is 11.0. The molecule has 0 amide bonds. The van der Waals surface area contributed by atoms with Gasteiger partial charge in [0.25, 0.3) is 0 Å². The van der Waals surface area contributed by atoms with Crippen molar-refractivity contribution in [2.75, 3.05) is 19.1 Å². The van der Waals surface area contributed by atoms with E-state index in [0.717, 1.165) is 12.2 Å². The van der Waals surface area contributed by atoms with Crippen LogP contribution in [-0.2, 0) is 4.74 Å². The molecule has 0 aliphatic rings. The number of azo groups is 1. The molecule has 0 aromatic heterocycles. The van der Waals surface area contributed by atoms with Crippen molar-refractivity contribution in [3.8, 4) is 11.5 Å². The van der Waals surface area contributed by atoms with E-state index in [2.05, 4.69) is 17.2 Å². The number of halogens is 1. The third-order valence-corrected chi connectivity index (χ3v) is 6.75. The third-order valence-electron chi connectivity index (χ3n) is 6.60. The minimum atomic E-state index is -0.449. The number of alkyl halides is 1. The number of carbonyl (C=O) groups is 2. The quantitative estimate of drug-likeness (QED) is 0.0454. The summed E-state index contributed by atoms with van der Waals surface area (Å²) in [6.07, 6.45) is 12.9. The third kappa shape index (κ3) is 12.4. The fourth-order valence-corrected chi connectivity index (χ4v) is 4.28. The first-order valence-electron chi connectivity index (χ1n) is 14.9. The van der Waals surface area contributed by atoms with Crippen LogP contribution >= 0.6 is 11.6 Å². The number of carbonyl (C=O) groups excluding carboxylic acids is 2. The van der Waals surface area contributed by atoms with Crippen molar-refractivity contribution in [1.29, 1.82) is 0 Å². The van der Waals surface area contributed by atoms with Crippen molar-refractivity contribution in [3.63, 3.8) is 0 Å². The van der Waals surface area contributed by atoms with E-state index in [4.69, 9.17) is 25.8 Å². The Hall–Kier alpha value is -3.71. The van der Waals surface area contributed by atoms with E-state index in [1.54, 1.807) is 72.8 Å². The zero-order chi connectivity index (χ0) is 29.8. The second kappa shape index (κ2) is 19.4. The Labute approximate surface area is 254 Å². The Kier molecular flexibility index (Phi) is 15.2. The summed E-state index contributed by atoms with van der Waals surface area (Å²) in [4.78, 5) is 24.4. The molecule has 7 nitrogen and oxygen atoms in total. The lowest BCUT2D eigenvalue weighted by molar-refractivity contribution is 0.0528. The predicted molar refractivity (Wildman–Crippen MR) is 167 cm³/mol. The molecule has 0 saturated carbocycles. The minimum absolute atomic E-state index is 0.161. The van der Waals surface area contributed by atoms with Gasteiger partial charge >= 0.3 is 11.9 Å². The average Bonchev–Trinajstić information content (AvgIpc) is 3.02. The van der Waals surface area contributed by atoms with E-state index in [1.165, 1.54) is 57.8 Å². The van der Waals surface area contributed by atoms with Gasteiger partial charge in [-0.05, 0) is 79.2 Å². The molecule has 0 fully saturated rings. The monoisotopic (exact) mass is 592 g/mol. The van der Waals surface area contributed by atoms with Crippen LogP contribution in [0.1, 0.15) is 91.8 Å². The van der Waals surface area contributed by atoms with Crippen molar-refractivity contribution >= 4 is 34.9 Å². The van der Waals surface area contributed by atoms with Crippen LogP contribution in [0.2, 0.25) is 0 Å². The van der Waals surface area contributed by atoms with E-state index >= 15 is 0 Å². The maximum absolute atomic E-state index is 12.6. The van der Waals surface area contributed by atoms with Crippen LogP contribution in [0.3, 0.4) is 0 Å². The fourth-order valence-electron chi connectivity index (χ4n) is 4.21.